The van der Waals surface area contributed by atoms with Gasteiger partial charge in [-0.25, -0.2) is 12.8 Å². The lowest BCUT2D eigenvalue weighted by Gasteiger charge is -2.22. The molecule has 0 bridgehead atoms. The zero-order chi connectivity index (χ0) is 17.7. The zero-order valence-corrected chi connectivity index (χ0v) is 14.4. The molecule has 0 unspecified atom stereocenters. The molecule has 2 rings (SSSR count). The molecule has 6 nitrogen and oxygen atoms in total. The molecule has 0 aromatic heterocycles. The maximum Gasteiger partial charge on any atom is 0.237 e. The molecule has 132 valence electrons. The predicted molar refractivity (Wildman–Crippen MR) is 87.6 cm³/mol. The summed E-state index contributed by atoms with van der Waals surface area (Å²) in [5, 5.41) is 0. The van der Waals surface area contributed by atoms with E-state index in [9.17, 15) is 22.4 Å². The van der Waals surface area contributed by atoms with Crippen LogP contribution in [0.2, 0.25) is 0 Å². The van der Waals surface area contributed by atoms with Crippen molar-refractivity contribution in [1.82, 2.24) is 9.80 Å². The molecule has 8 heteroatoms. The zero-order valence-electron chi connectivity index (χ0n) is 13.6. The molecule has 1 aliphatic heterocycles. The number of halogens is 1. The van der Waals surface area contributed by atoms with E-state index in [1.807, 2.05) is 0 Å². The number of sulfone groups is 1. The summed E-state index contributed by atoms with van der Waals surface area (Å²) in [5.41, 5.74) is 0.606. The SMILES string of the molecule is CS(=O)(=O)CC(=O)N1CCCN(C(=O)Cc2cccc(F)c2)CC1. The molecule has 1 saturated heterocycles. The van der Waals surface area contributed by atoms with E-state index in [0.29, 0.717) is 38.2 Å². The summed E-state index contributed by atoms with van der Waals surface area (Å²) in [7, 11) is -3.37. The molecule has 1 heterocycles. The average Bonchev–Trinajstić information content (AvgIpc) is 2.71. The molecule has 0 spiro atoms. The first-order chi connectivity index (χ1) is 11.2. The van der Waals surface area contributed by atoms with Gasteiger partial charge in [-0.1, -0.05) is 12.1 Å². The van der Waals surface area contributed by atoms with Crippen molar-refractivity contribution in [2.45, 2.75) is 12.8 Å². The Morgan fingerprint density at radius 3 is 2.29 bits per heavy atom. The lowest BCUT2D eigenvalue weighted by Crippen LogP contribution is -2.39. The highest BCUT2D eigenvalue weighted by atomic mass is 32.2. The fourth-order valence-corrected chi connectivity index (χ4v) is 3.30. The second-order valence-electron chi connectivity index (χ2n) is 5.99. The summed E-state index contributed by atoms with van der Waals surface area (Å²) in [6, 6.07) is 5.91. The number of hydrogen-bond acceptors (Lipinski definition) is 4. The third kappa shape index (κ3) is 5.59. The summed E-state index contributed by atoms with van der Waals surface area (Å²) in [6.07, 6.45) is 1.72. The Morgan fingerprint density at radius 1 is 1.08 bits per heavy atom. The Hall–Kier alpha value is -1.96. The Bertz CT molecular complexity index is 721. The summed E-state index contributed by atoms with van der Waals surface area (Å²) in [5.74, 6) is -1.45. The fraction of sp³-hybridized carbons (Fsp3) is 0.500. The van der Waals surface area contributed by atoms with Gasteiger partial charge < -0.3 is 9.80 Å². The summed E-state index contributed by atoms with van der Waals surface area (Å²) in [6.45, 7) is 1.59. The molecule has 0 atom stereocenters. The highest BCUT2D eigenvalue weighted by Crippen LogP contribution is 2.09. The minimum atomic E-state index is -3.37. The summed E-state index contributed by atoms with van der Waals surface area (Å²) in [4.78, 5) is 27.4. The smallest absolute Gasteiger partial charge is 0.237 e. The second-order valence-corrected chi connectivity index (χ2v) is 8.13. The van der Waals surface area contributed by atoms with Crippen molar-refractivity contribution in [1.29, 1.82) is 0 Å². The van der Waals surface area contributed by atoms with Crippen LogP contribution in [0.15, 0.2) is 24.3 Å². The number of nitrogens with zero attached hydrogens (tertiary/aromatic N) is 2. The molecule has 0 aliphatic carbocycles. The van der Waals surface area contributed by atoms with E-state index in [2.05, 4.69) is 0 Å². The molecule has 1 aromatic carbocycles. The molecule has 1 aliphatic rings. The van der Waals surface area contributed by atoms with Gasteiger partial charge >= 0.3 is 0 Å². The van der Waals surface area contributed by atoms with Crippen LogP contribution in [-0.2, 0) is 25.8 Å². The van der Waals surface area contributed by atoms with Crippen molar-refractivity contribution in [3.8, 4) is 0 Å². The third-order valence-electron chi connectivity index (χ3n) is 3.83. The van der Waals surface area contributed by atoms with Crippen molar-refractivity contribution >= 4 is 21.7 Å². The first-order valence-corrected chi connectivity index (χ1v) is 9.78. The second kappa shape index (κ2) is 7.74. The maximum absolute atomic E-state index is 13.2. The highest BCUT2D eigenvalue weighted by Gasteiger charge is 2.24. The standard InChI is InChI=1S/C16H21FN2O4S/c1-24(22,23)12-16(21)19-7-3-6-18(8-9-19)15(20)11-13-4-2-5-14(17)10-13/h2,4-5,10H,3,6-9,11-12H2,1H3. The van der Waals surface area contributed by atoms with Crippen LogP contribution < -0.4 is 0 Å². The Morgan fingerprint density at radius 2 is 1.71 bits per heavy atom. The van der Waals surface area contributed by atoms with Gasteiger partial charge in [0.25, 0.3) is 0 Å². The highest BCUT2D eigenvalue weighted by molar-refractivity contribution is 7.91. The van der Waals surface area contributed by atoms with Crippen molar-refractivity contribution in [2.24, 2.45) is 0 Å². The van der Waals surface area contributed by atoms with E-state index >= 15 is 0 Å². The molecule has 1 fully saturated rings. The number of rotatable bonds is 4. The van der Waals surface area contributed by atoms with Gasteiger partial charge in [0, 0.05) is 32.4 Å². The van der Waals surface area contributed by atoms with Crippen LogP contribution in [0.3, 0.4) is 0 Å². The van der Waals surface area contributed by atoms with Crippen molar-refractivity contribution in [2.75, 3.05) is 38.2 Å². The molecule has 24 heavy (non-hydrogen) atoms. The van der Waals surface area contributed by atoms with Crippen LogP contribution in [0.25, 0.3) is 0 Å². The Kier molecular flexibility index (Phi) is 5.93. The molecule has 2 amide bonds. The van der Waals surface area contributed by atoms with Crippen LogP contribution in [0.5, 0.6) is 0 Å². The molecule has 0 saturated carbocycles. The minimum Gasteiger partial charge on any atom is -0.341 e. The number of benzene rings is 1. The van der Waals surface area contributed by atoms with Crippen molar-refractivity contribution in [3.63, 3.8) is 0 Å². The lowest BCUT2D eigenvalue weighted by molar-refractivity contribution is -0.132. The van der Waals surface area contributed by atoms with Gasteiger partial charge in [0.1, 0.15) is 11.6 Å². The van der Waals surface area contributed by atoms with E-state index in [-0.39, 0.29) is 18.1 Å². The molecule has 0 radical (unpaired) electrons. The van der Waals surface area contributed by atoms with E-state index in [1.165, 1.54) is 17.0 Å². The normalized spacial score (nSPS) is 15.9. The van der Waals surface area contributed by atoms with Crippen LogP contribution >= 0.6 is 0 Å². The number of amides is 2. The van der Waals surface area contributed by atoms with Crippen LogP contribution in [-0.4, -0.2) is 68.2 Å². The molecular weight excluding hydrogens is 335 g/mol. The largest absolute Gasteiger partial charge is 0.341 e. The van der Waals surface area contributed by atoms with Gasteiger partial charge in [0.15, 0.2) is 9.84 Å². The molecule has 1 aromatic rings. The van der Waals surface area contributed by atoms with Crippen molar-refractivity contribution in [3.05, 3.63) is 35.6 Å². The van der Waals surface area contributed by atoms with Gasteiger partial charge in [-0.2, -0.15) is 0 Å². The van der Waals surface area contributed by atoms with Gasteiger partial charge in [-0.05, 0) is 24.1 Å². The number of hydrogen-bond donors (Lipinski definition) is 0. The van der Waals surface area contributed by atoms with E-state index in [4.69, 9.17) is 0 Å². The lowest BCUT2D eigenvalue weighted by atomic mass is 10.1. The number of carbonyl (C=O) groups excluding carboxylic acids is 2. The first kappa shape index (κ1) is 18.4. The average molecular weight is 356 g/mol. The quantitative estimate of drug-likeness (QED) is 0.786. The van der Waals surface area contributed by atoms with E-state index in [1.54, 1.807) is 17.0 Å². The van der Waals surface area contributed by atoms with Crippen LogP contribution in [0.4, 0.5) is 4.39 Å². The maximum atomic E-state index is 13.2. The van der Waals surface area contributed by atoms with Gasteiger partial charge in [-0.15, -0.1) is 0 Å². The summed E-state index contributed by atoms with van der Waals surface area (Å²) >= 11 is 0. The first-order valence-electron chi connectivity index (χ1n) is 7.72. The van der Waals surface area contributed by atoms with E-state index < -0.39 is 21.5 Å². The van der Waals surface area contributed by atoms with Gasteiger partial charge in [0.05, 0.1) is 6.42 Å². The van der Waals surface area contributed by atoms with Gasteiger partial charge in [0.2, 0.25) is 11.8 Å². The predicted octanol–water partition coefficient (Wildman–Crippen LogP) is 0.474. The van der Waals surface area contributed by atoms with Crippen LogP contribution in [0.1, 0.15) is 12.0 Å². The van der Waals surface area contributed by atoms with Crippen molar-refractivity contribution < 1.29 is 22.4 Å². The topological polar surface area (TPSA) is 74.8 Å². The fourth-order valence-electron chi connectivity index (χ4n) is 2.67. The minimum absolute atomic E-state index is 0.106. The molecule has 0 N–H and O–H groups in total. The van der Waals surface area contributed by atoms with Crippen LogP contribution in [0, 0.1) is 5.82 Å². The Balaban J connectivity index is 1.92. The summed E-state index contributed by atoms with van der Waals surface area (Å²) < 4.78 is 35.6. The number of carbonyl (C=O) groups is 2. The van der Waals surface area contributed by atoms with Gasteiger partial charge in [-0.3, -0.25) is 9.59 Å². The van der Waals surface area contributed by atoms with E-state index in [0.717, 1.165) is 6.26 Å². The molecular formula is C16H21FN2O4S. The Labute approximate surface area is 141 Å². The monoisotopic (exact) mass is 356 g/mol. The third-order valence-corrected chi connectivity index (χ3v) is 4.60.